The van der Waals surface area contributed by atoms with Crippen molar-refractivity contribution in [2.24, 2.45) is 0 Å². The second kappa shape index (κ2) is 6.29. The third kappa shape index (κ3) is 3.42. The number of likely N-dealkylation sites (N-methyl/N-ethyl adjacent to an activating group) is 1. The summed E-state index contributed by atoms with van der Waals surface area (Å²) < 4.78 is 11.8. The van der Waals surface area contributed by atoms with Gasteiger partial charge in [0.1, 0.15) is 0 Å². The summed E-state index contributed by atoms with van der Waals surface area (Å²) in [6.45, 7) is 1.76. The van der Waals surface area contributed by atoms with Crippen LogP contribution in [0.4, 0.5) is 10.2 Å². The van der Waals surface area contributed by atoms with Crippen LogP contribution >= 0.6 is 0 Å². The molecular formula is C14H16FN3O2. The van der Waals surface area contributed by atoms with Crippen LogP contribution < -0.4 is 5.32 Å². The van der Waals surface area contributed by atoms with Gasteiger partial charge in [0.25, 0.3) is 0 Å². The first-order valence-electron chi connectivity index (χ1n) is 6.21. The van der Waals surface area contributed by atoms with Crippen LogP contribution in [0.25, 0.3) is 10.8 Å². The van der Waals surface area contributed by atoms with E-state index >= 15 is 0 Å². The molecule has 0 aliphatic carbocycles. The van der Waals surface area contributed by atoms with E-state index in [-0.39, 0.29) is 5.69 Å². The Morgan fingerprint density at radius 3 is 2.85 bits per heavy atom. The molecule has 1 aromatic carbocycles. The van der Waals surface area contributed by atoms with Gasteiger partial charge in [-0.3, -0.25) is 0 Å². The maximum Gasteiger partial charge on any atom is 0.397 e. The van der Waals surface area contributed by atoms with E-state index in [1.165, 1.54) is 12.3 Å². The molecule has 0 aliphatic rings. The van der Waals surface area contributed by atoms with Gasteiger partial charge in [-0.15, -0.1) is 0 Å². The van der Waals surface area contributed by atoms with Crippen molar-refractivity contribution in [1.29, 1.82) is 0 Å². The first kappa shape index (κ1) is 14.2. The number of rotatable bonds is 5. The molecule has 106 valence electrons. The minimum absolute atomic E-state index is 0.0479. The molecule has 1 aromatic heterocycles. The molecule has 1 heterocycles. The highest BCUT2D eigenvalue weighted by atomic mass is 19.3. The summed E-state index contributed by atoms with van der Waals surface area (Å²) in [5.41, 5.74) is 0.926. The fourth-order valence-corrected chi connectivity index (χ4v) is 1.83. The Morgan fingerprint density at radius 2 is 2.15 bits per heavy atom. The molecule has 0 bridgehead atoms. The number of hydrogen-bond donors (Lipinski definition) is 1. The van der Waals surface area contributed by atoms with Gasteiger partial charge in [0.05, 0.1) is 0 Å². The lowest BCUT2D eigenvalue weighted by Crippen LogP contribution is -2.20. The summed E-state index contributed by atoms with van der Waals surface area (Å²) in [5.74, 6) is -1.08. The summed E-state index contributed by atoms with van der Waals surface area (Å²) in [5, 5.41) is 4.97. The quantitative estimate of drug-likeness (QED) is 0.908. The van der Waals surface area contributed by atoms with E-state index in [0.29, 0.717) is 0 Å². The number of anilines is 1. The van der Waals surface area contributed by atoms with Crippen molar-refractivity contribution in [3.05, 3.63) is 36.2 Å². The van der Waals surface area contributed by atoms with Crippen LogP contribution in [-0.4, -0.2) is 43.0 Å². The molecule has 0 atom stereocenters. The summed E-state index contributed by atoms with van der Waals surface area (Å²) in [4.78, 5) is 20.2. The monoisotopic (exact) mass is 277 g/mol. The minimum Gasteiger partial charge on any atom is -0.384 e. The highest BCUT2D eigenvalue weighted by Gasteiger charge is 2.10. The molecule has 0 aliphatic heterocycles. The normalized spacial score (nSPS) is 10.8. The van der Waals surface area contributed by atoms with E-state index in [1.807, 2.05) is 32.3 Å². The van der Waals surface area contributed by atoms with Crippen molar-refractivity contribution in [2.75, 3.05) is 32.5 Å². The molecule has 20 heavy (non-hydrogen) atoms. The van der Waals surface area contributed by atoms with Crippen molar-refractivity contribution >= 4 is 22.4 Å². The van der Waals surface area contributed by atoms with Gasteiger partial charge in [-0.25, -0.2) is 14.7 Å². The van der Waals surface area contributed by atoms with Crippen LogP contribution in [0.3, 0.4) is 0 Å². The minimum atomic E-state index is -1.08. The van der Waals surface area contributed by atoms with Crippen LogP contribution in [0, 0.1) is 0 Å². The number of fused-ring (bicyclic) bond motifs is 1. The van der Waals surface area contributed by atoms with Gasteiger partial charge in [-0.05, 0) is 37.7 Å². The molecule has 1 N–H and O–H groups in total. The Balaban J connectivity index is 2.16. The Bertz CT molecular complexity index is 616. The molecule has 0 spiro atoms. The van der Waals surface area contributed by atoms with E-state index in [0.717, 1.165) is 29.5 Å². The number of carbonyl (C=O) groups excluding carboxylic acids is 1. The Morgan fingerprint density at radius 1 is 1.35 bits per heavy atom. The number of benzene rings is 1. The highest BCUT2D eigenvalue weighted by molar-refractivity contribution is 5.93. The molecule has 5 nitrogen and oxygen atoms in total. The molecule has 0 amide bonds. The number of hydrogen-bond acceptors (Lipinski definition) is 5. The number of nitrogens with zero attached hydrogens (tertiary/aromatic N) is 2. The number of pyridine rings is 1. The number of nitrogens with one attached hydrogen (secondary N) is 1. The third-order valence-electron chi connectivity index (χ3n) is 2.89. The predicted octanol–water partition coefficient (Wildman–Crippen LogP) is 2.25. The third-order valence-corrected chi connectivity index (χ3v) is 2.89. The zero-order valence-corrected chi connectivity index (χ0v) is 11.4. The molecule has 0 unspecified atom stereocenters. The molecule has 0 fully saturated rings. The second-order valence-corrected chi connectivity index (χ2v) is 4.73. The number of halogens is 1. The van der Waals surface area contributed by atoms with Gasteiger partial charge >= 0.3 is 5.97 Å². The van der Waals surface area contributed by atoms with Crippen LogP contribution in [-0.2, 0) is 4.94 Å². The maximum atomic E-state index is 11.8. The van der Waals surface area contributed by atoms with Crippen LogP contribution in [0.5, 0.6) is 0 Å². The van der Waals surface area contributed by atoms with Crippen molar-refractivity contribution in [3.8, 4) is 0 Å². The Kier molecular flexibility index (Phi) is 4.47. The molecule has 0 radical (unpaired) electrons. The summed E-state index contributed by atoms with van der Waals surface area (Å²) in [6.07, 6.45) is 1.53. The lowest BCUT2D eigenvalue weighted by atomic mass is 10.1. The topological polar surface area (TPSA) is 54.5 Å². The fourth-order valence-electron chi connectivity index (χ4n) is 1.83. The predicted molar refractivity (Wildman–Crippen MR) is 75.3 cm³/mol. The summed E-state index contributed by atoms with van der Waals surface area (Å²) >= 11 is 0. The van der Waals surface area contributed by atoms with E-state index in [2.05, 4.69) is 20.1 Å². The second-order valence-electron chi connectivity index (χ2n) is 4.73. The largest absolute Gasteiger partial charge is 0.397 e. The van der Waals surface area contributed by atoms with Gasteiger partial charge in [-0.1, -0.05) is 6.07 Å². The molecule has 6 heteroatoms. The van der Waals surface area contributed by atoms with E-state index in [4.69, 9.17) is 0 Å². The van der Waals surface area contributed by atoms with Crippen molar-refractivity contribution in [3.63, 3.8) is 0 Å². The molecular weight excluding hydrogens is 261 g/mol. The van der Waals surface area contributed by atoms with Crippen LogP contribution in [0.1, 0.15) is 10.5 Å². The van der Waals surface area contributed by atoms with Crippen LogP contribution in [0.2, 0.25) is 0 Å². The van der Waals surface area contributed by atoms with E-state index in [1.54, 1.807) is 0 Å². The van der Waals surface area contributed by atoms with Gasteiger partial charge in [-0.2, -0.15) is 0 Å². The Hall–Kier alpha value is -2.21. The van der Waals surface area contributed by atoms with Crippen molar-refractivity contribution < 1.29 is 14.3 Å². The van der Waals surface area contributed by atoms with Gasteiger partial charge in [0, 0.05) is 34.9 Å². The first-order valence-corrected chi connectivity index (χ1v) is 6.21. The average Bonchev–Trinajstić information content (AvgIpc) is 2.45. The number of carbonyl (C=O) groups is 1. The fraction of sp³-hybridized carbons (Fsp3) is 0.286. The molecule has 0 saturated carbocycles. The van der Waals surface area contributed by atoms with E-state index in [9.17, 15) is 9.32 Å². The van der Waals surface area contributed by atoms with E-state index < -0.39 is 5.97 Å². The van der Waals surface area contributed by atoms with Crippen molar-refractivity contribution in [1.82, 2.24) is 9.88 Å². The van der Waals surface area contributed by atoms with Crippen molar-refractivity contribution in [2.45, 2.75) is 0 Å². The molecule has 2 aromatic rings. The van der Waals surface area contributed by atoms with Crippen LogP contribution in [0.15, 0.2) is 30.5 Å². The summed E-state index contributed by atoms with van der Waals surface area (Å²) in [7, 11) is 4.02. The first-order chi connectivity index (χ1) is 9.60. The molecule has 0 saturated heterocycles. The zero-order valence-electron chi connectivity index (χ0n) is 11.4. The molecule has 2 rings (SSSR count). The average molecular weight is 277 g/mol. The smallest absolute Gasteiger partial charge is 0.384 e. The standard InChI is InChI=1S/C14H16FN3O2/c1-18(2)6-5-16-12-4-3-10-8-13(14(19)20-15)17-9-11(10)7-12/h3-4,7-9,16H,5-6H2,1-2H3. The maximum absolute atomic E-state index is 11.8. The highest BCUT2D eigenvalue weighted by Crippen LogP contribution is 2.19. The Labute approximate surface area is 116 Å². The van der Waals surface area contributed by atoms with Gasteiger partial charge in [0.2, 0.25) is 0 Å². The zero-order chi connectivity index (χ0) is 14.5. The number of aromatic nitrogens is 1. The SMILES string of the molecule is CN(C)CCNc1ccc2cc(C(=O)OF)ncc2c1. The van der Waals surface area contributed by atoms with Gasteiger partial charge < -0.3 is 10.2 Å². The summed E-state index contributed by atoms with van der Waals surface area (Å²) in [6, 6.07) is 7.19. The lowest BCUT2D eigenvalue weighted by molar-refractivity contribution is -0.0793. The van der Waals surface area contributed by atoms with Gasteiger partial charge in [0.15, 0.2) is 5.69 Å². The lowest BCUT2D eigenvalue weighted by Gasteiger charge is -2.11.